The maximum absolute atomic E-state index is 9.31. The molecule has 1 N–H and O–H groups in total. The number of aliphatic hydroxyl groups is 1. The van der Waals surface area contributed by atoms with Crippen LogP contribution in [0.5, 0.6) is 5.88 Å². The van der Waals surface area contributed by atoms with E-state index in [0.29, 0.717) is 17.2 Å². The van der Waals surface area contributed by atoms with Gasteiger partial charge in [-0.1, -0.05) is 36.4 Å². The van der Waals surface area contributed by atoms with Gasteiger partial charge < -0.3 is 14.4 Å². The Labute approximate surface area is 121 Å². The van der Waals surface area contributed by atoms with Crippen LogP contribution in [0.4, 0.5) is 0 Å². The van der Waals surface area contributed by atoms with E-state index in [1.165, 1.54) is 7.11 Å². The molecule has 0 radical (unpaired) electrons. The Balaban J connectivity index is 2.00. The lowest BCUT2D eigenvalue weighted by Gasteiger charge is -2.04. The normalized spacial score (nSPS) is 10.6. The molecule has 2 heterocycles. The van der Waals surface area contributed by atoms with E-state index in [2.05, 4.69) is 10.1 Å². The highest BCUT2D eigenvalue weighted by molar-refractivity contribution is 5.71. The number of hydrogen-bond acceptors (Lipinski definition) is 5. The van der Waals surface area contributed by atoms with Crippen molar-refractivity contribution < 1.29 is 14.4 Å². The van der Waals surface area contributed by atoms with Crippen LogP contribution in [-0.4, -0.2) is 22.4 Å². The van der Waals surface area contributed by atoms with Crippen LogP contribution < -0.4 is 4.74 Å². The minimum Gasteiger partial charge on any atom is -0.478 e. The van der Waals surface area contributed by atoms with E-state index in [-0.39, 0.29) is 6.61 Å². The number of ether oxygens (including phenoxy) is 1. The van der Waals surface area contributed by atoms with Crippen LogP contribution in [0.1, 0.15) is 5.76 Å². The molecule has 0 fully saturated rings. The first-order valence-electron chi connectivity index (χ1n) is 6.48. The van der Waals surface area contributed by atoms with Crippen LogP contribution in [0.3, 0.4) is 0 Å². The summed E-state index contributed by atoms with van der Waals surface area (Å²) in [5, 5.41) is 13.1. The van der Waals surface area contributed by atoms with Crippen molar-refractivity contribution in [3.8, 4) is 28.3 Å². The van der Waals surface area contributed by atoms with Gasteiger partial charge >= 0.3 is 0 Å². The molecule has 0 saturated heterocycles. The van der Waals surface area contributed by atoms with Crippen LogP contribution in [-0.2, 0) is 6.61 Å². The summed E-state index contributed by atoms with van der Waals surface area (Å²) in [5.41, 5.74) is 3.34. The monoisotopic (exact) mass is 282 g/mol. The van der Waals surface area contributed by atoms with Crippen molar-refractivity contribution >= 4 is 0 Å². The Kier molecular flexibility index (Phi) is 3.66. The standard InChI is InChI=1S/C16H14N2O3/c1-20-16-15(14(10-19)21-18-16)12-7-8-13(17-9-12)11-5-3-2-4-6-11/h2-9,19H,10H2,1H3. The van der Waals surface area contributed by atoms with Crippen LogP contribution >= 0.6 is 0 Å². The molecule has 0 saturated carbocycles. The molecule has 0 atom stereocenters. The maximum Gasteiger partial charge on any atom is 0.262 e. The molecular weight excluding hydrogens is 268 g/mol. The summed E-state index contributed by atoms with van der Waals surface area (Å²) in [6.07, 6.45) is 1.72. The fourth-order valence-corrected chi connectivity index (χ4v) is 2.16. The van der Waals surface area contributed by atoms with Crippen LogP contribution in [0.2, 0.25) is 0 Å². The molecule has 21 heavy (non-hydrogen) atoms. The van der Waals surface area contributed by atoms with Gasteiger partial charge in [-0.2, -0.15) is 0 Å². The highest BCUT2D eigenvalue weighted by Gasteiger charge is 2.18. The Hall–Kier alpha value is -2.66. The van der Waals surface area contributed by atoms with Gasteiger partial charge in [0.15, 0.2) is 5.76 Å². The molecule has 0 amide bonds. The van der Waals surface area contributed by atoms with Crippen LogP contribution in [0.15, 0.2) is 53.2 Å². The highest BCUT2D eigenvalue weighted by Crippen LogP contribution is 2.33. The topological polar surface area (TPSA) is 68.4 Å². The minimum absolute atomic E-state index is 0.244. The summed E-state index contributed by atoms with van der Waals surface area (Å²) in [4.78, 5) is 4.45. The molecule has 3 aromatic rings. The minimum atomic E-state index is -0.244. The Morgan fingerprint density at radius 2 is 1.90 bits per heavy atom. The van der Waals surface area contributed by atoms with Gasteiger partial charge in [-0.05, 0) is 11.2 Å². The van der Waals surface area contributed by atoms with Crippen molar-refractivity contribution in [2.75, 3.05) is 7.11 Å². The molecular formula is C16H14N2O3. The third-order valence-electron chi connectivity index (χ3n) is 3.19. The van der Waals surface area contributed by atoms with Gasteiger partial charge in [0.1, 0.15) is 6.61 Å². The summed E-state index contributed by atoms with van der Waals surface area (Å²) in [7, 11) is 1.51. The summed E-state index contributed by atoms with van der Waals surface area (Å²) in [6, 6.07) is 13.7. The van der Waals surface area contributed by atoms with Crippen molar-refractivity contribution in [2.24, 2.45) is 0 Å². The molecule has 0 spiro atoms. The van der Waals surface area contributed by atoms with Crippen molar-refractivity contribution in [1.82, 2.24) is 10.1 Å². The molecule has 0 aliphatic heterocycles. The van der Waals surface area contributed by atoms with Crippen molar-refractivity contribution in [3.05, 3.63) is 54.4 Å². The lowest BCUT2D eigenvalue weighted by Crippen LogP contribution is -1.90. The average Bonchev–Trinajstić information content (AvgIpc) is 2.99. The van der Waals surface area contributed by atoms with E-state index >= 15 is 0 Å². The molecule has 0 unspecified atom stereocenters. The first-order chi connectivity index (χ1) is 10.3. The lowest BCUT2D eigenvalue weighted by atomic mass is 10.1. The number of nitrogens with zero attached hydrogens (tertiary/aromatic N) is 2. The second-order valence-electron chi connectivity index (χ2n) is 4.45. The Morgan fingerprint density at radius 3 is 2.52 bits per heavy atom. The zero-order valence-electron chi connectivity index (χ0n) is 11.5. The Morgan fingerprint density at radius 1 is 1.10 bits per heavy atom. The van der Waals surface area contributed by atoms with Gasteiger partial charge in [0.05, 0.1) is 18.4 Å². The second-order valence-corrected chi connectivity index (χ2v) is 4.45. The van der Waals surface area contributed by atoms with E-state index in [1.54, 1.807) is 6.20 Å². The van der Waals surface area contributed by atoms with Gasteiger partial charge in [0.2, 0.25) is 0 Å². The summed E-state index contributed by atoms with van der Waals surface area (Å²) in [5.74, 6) is 0.703. The van der Waals surface area contributed by atoms with Crippen LogP contribution in [0, 0.1) is 0 Å². The van der Waals surface area contributed by atoms with Gasteiger partial charge in [-0.25, -0.2) is 0 Å². The van der Waals surface area contributed by atoms with Gasteiger partial charge in [0.25, 0.3) is 5.88 Å². The van der Waals surface area contributed by atoms with E-state index in [9.17, 15) is 5.11 Å². The predicted octanol–water partition coefficient (Wildman–Crippen LogP) is 2.90. The lowest BCUT2D eigenvalue weighted by molar-refractivity contribution is 0.226. The molecule has 0 aliphatic carbocycles. The second kappa shape index (κ2) is 5.76. The summed E-state index contributed by atoms with van der Waals surface area (Å²) < 4.78 is 10.2. The van der Waals surface area contributed by atoms with Crippen molar-refractivity contribution in [1.29, 1.82) is 0 Å². The molecule has 5 nitrogen and oxygen atoms in total. The number of methoxy groups -OCH3 is 1. The number of aromatic nitrogens is 2. The average molecular weight is 282 g/mol. The SMILES string of the molecule is COc1noc(CO)c1-c1ccc(-c2ccccc2)nc1. The van der Waals surface area contributed by atoms with E-state index in [1.807, 2.05) is 42.5 Å². The fourth-order valence-electron chi connectivity index (χ4n) is 2.16. The van der Waals surface area contributed by atoms with Crippen molar-refractivity contribution in [2.45, 2.75) is 6.61 Å². The molecule has 0 bridgehead atoms. The number of hydrogen-bond donors (Lipinski definition) is 1. The van der Waals surface area contributed by atoms with Crippen molar-refractivity contribution in [3.63, 3.8) is 0 Å². The molecule has 3 rings (SSSR count). The van der Waals surface area contributed by atoms with Crippen LogP contribution in [0.25, 0.3) is 22.4 Å². The Bertz CT molecular complexity index is 700. The number of rotatable bonds is 4. The van der Waals surface area contributed by atoms with Gasteiger partial charge in [0, 0.05) is 17.3 Å². The number of aliphatic hydroxyl groups excluding tert-OH is 1. The first-order valence-corrected chi connectivity index (χ1v) is 6.48. The maximum atomic E-state index is 9.31. The molecule has 0 aliphatic rings. The third-order valence-corrected chi connectivity index (χ3v) is 3.19. The zero-order valence-corrected chi connectivity index (χ0v) is 11.5. The fraction of sp³-hybridized carbons (Fsp3) is 0.125. The number of benzene rings is 1. The van der Waals surface area contributed by atoms with E-state index in [4.69, 9.17) is 9.26 Å². The van der Waals surface area contributed by atoms with Gasteiger partial charge in [-0.3, -0.25) is 4.98 Å². The van der Waals surface area contributed by atoms with Gasteiger partial charge in [-0.15, -0.1) is 0 Å². The molecule has 5 heteroatoms. The molecule has 1 aromatic carbocycles. The number of pyridine rings is 1. The first kappa shape index (κ1) is 13.3. The molecule has 106 valence electrons. The summed E-state index contributed by atoms with van der Waals surface area (Å²) >= 11 is 0. The third kappa shape index (κ3) is 2.51. The molecule has 2 aromatic heterocycles. The largest absolute Gasteiger partial charge is 0.478 e. The van der Waals surface area contributed by atoms with E-state index < -0.39 is 0 Å². The summed E-state index contributed by atoms with van der Waals surface area (Å²) in [6.45, 7) is -0.244. The highest BCUT2D eigenvalue weighted by atomic mass is 16.5. The quantitative estimate of drug-likeness (QED) is 0.796. The van der Waals surface area contributed by atoms with E-state index in [0.717, 1.165) is 16.8 Å². The predicted molar refractivity (Wildman–Crippen MR) is 77.6 cm³/mol. The smallest absolute Gasteiger partial charge is 0.262 e. The zero-order chi connectivity index (χ0) is 14.7.